The van der Waals surface area contributed by atoms with E-state index in [1.807, 2.05) is 25.1 Å². The van der Waals surface area contributed by atoms with E-state index in [9.17, 15) is 10.1 Å². The van der Waals surface area contributed by atoms with Gasteiger partial charge in [0.25, 0.3) is 0 Å². The molecule has 4 heteroatoms. The topological polar surface area (TPSA) is 43.1 Å². The average Bonchev–Trinajstić information content (AvgIpc) is 2.07. The fourth-order valence-electron chi connectivity index (χ4n) is 1.08. The Labute approximate surface area is 85.0 Å². The number of halogens is 1. The third-order valence-electron chi connectivity index (χ3n) is 1.81. The standard InChI is InChI=1S/C9H10BrNO2/c1-7-6-8(2-3-9(7)10)4-5-11(12)13/h2-3,6H,4-5H2,1H3. The third-order valence-corrected chi connectivity index (χ3v) is 2.70. The van der Waals surface area contributed by atoms with Crippen LogP contribution in [0.25, 0.3) is 0 Å². The first kappa shape index (κ1) is 10.2. The van der Waals surface area contributed by atoms with Gasteiger partial charge < -0.3 is 0 Å². The molecule has 0 amide bonds. The molecule has 0 saturated carbocycles. The van der Waals surface area contributed by atoms with Gasteiger partial charge in [0.1, 0.15) is 0 Å². The van der Waals surface area contributed by atoms with E-state index in [1.165, 1.54) is 0 Å². The Morgan fingerprint density at radius 2 is 2.23 bits per heavy atom. The lowest BCUT2D eigenvalue weighted by Crippen LogP contribution is -2.03. The van der Waals surface area contributed by atoms with Gasteiger partial charge in [0.15, 0.2) is 0 Å². The second-order valence-electron chi connectivity index (χ2n) is 2.89. The highest BCUT2D eigenvalue weighted by Crippen LogP contribution is 2.17. The smallest absolute Gasteiger partial charge is 0.207 e. The Bertz CT molecular complexity index is 325. The molecule has 3 nitrogen and oxygen atoms in total. The molecule has 1 rings (SSSR count). The summed E-state index contributed by atoms with van der Waals surface area (Å²) in [7, 11) is 0. The minimum atomic E-state index is -0.294. The first-order valence-electron chi connectivity index (χ1n) is 3.96. The first-order chi connectivity index (χ1) is 6.09. The van der Waals surface area contributed by atoms with Crippen LogP contribution in [-0.2, 0) is 6.42 Å². The fraction of sp³-hybridized carbons (Fsp3) is 0.333. The van der Waals surface area contributed by atoms with Gasteiger partial charge in [-0.2, -0.15) is 0 Å². The Balaban J connectivity index is 2.68. The average molecular weight is 244 g/mol. The predicted octanol–water partition coefficient (Wildman–Crippen LogP) is 2.58. The van der Waals surface area contributed by atoms with Crippen molar-refractivity contribution in [1.29, 1.82) is 0 Å². The maximum Gasteiger partial charge on any atom is 0.207 e. The van der Waals surface area contributed by atoms with Crippen LogP contribution in [0.5, 0.6) is 0 Å². The SMILES string of the molecule is Cc1cc(CC[N+](=O)[O-])ccc1Br. The number of aryl methyl sites for hydroxylation is 1. The van der Waals surface area contributed by atoms with Gasteiger partial charge in [-0.3, -0.25) is 10.1 Å². The second-order valence-corrected chi connectivity index (χ2v) is 3.74. The number of hydrogen-bond donors (Lipinski definition) is 0. The zero-order chi connectivity index (χ0) is 9.84. The molecule has 0 atom stereocenters. The minimum absolute atomic E-state index is 0.00106. The number of rotatable bonds is 3. The normalized spacial score (nSPS) is 10.0. The van der Waals surface area contributed by atoms with Crippen molar-refractivity contribution in [3.63, 3.8) is 0 Å². The monoisotopic (exact) mass is 243 g/mol. The molecular formula is C9H10BrNO2. The van der Waals surface area contributed by atoms with Crippen molar-refractivity contribution in [3.05, 3.63) is 43.9 Å². The van der Waals surface area contributed by atoms with Crippen molar-refractivity contribution in [2.45, 2.75) is 13.3 Å². The number of nitrogens with zero attached hydrogens (tertiary/aromatic N) is 1. The zero-order valence-corrected chi connectivity index (χ0v) is 8.87. The summed E-state index contributed by atoms with van der Waals surface area (Å²) in [6.07, 6.45) is 0.501. The van der Waals surface area contributed by atoms with E-state index < -0.39 is 0 Å². The molecule has 0 saturated heterocycles. The number of nitro groups is 1. The van der Waals surface area contributed by atoms with Gasteiger partial charge in [0.05, 0.1) is 0 Å². The summed E-state index contributed by atoms with van der Waals surface area (Å²) in [5.41, 5.74) is 2.12. The van der Waals surface area contributed by atoms with Crippen molar-refractivity contribution in [2.75, 3.05) is 6.54 Å². The molecular weight excluding hydrogens is 234 g/mol. The Kier molecular flexibility index (Phi) is 3.42. The van der Waals surface area contributed by atoms with Crippen LogP contribution in [0.4, 0.5) is 0 Å². The lowest BCUT2D eigenvalue weighted by Gasteiger charge is -2.01. The van der Waals surface area contributed by atoms with Crippen molar-refractivity contribution < 1.29 is 4.92 Å². The van der Waals surface area contributed by atoms with Crippen LogP contribution in [0, 0.1) is 17.0 Å². The fourth-order valence-corrected chi connectivity index (χ4v) is 1.33. The molecule has 1 aromatic rings. The quantitative estimate of drug-likeness (QED) is 0.605. The molecule has 13 heavy (non-hydrogen) atoms. The Morgan fingerprint density at radius 1 is 1.54 bits per heavy atom. The van der Waals surface area contributed by atoms with Crippen molar-refractivity contribution in [3.8, 4) is 0 Å². The van der Waals surface area contributed by atoms with Gasteiger partial charge in [-0.1, -0.05) is 28.1 Å². The van der Waals surface area contributed by atoms with Gasteiger partial charge in [-0.05, 0) is 24.1 Å². The molecule has 0 heterocycles. The van der Waals surface area contributed by atoms with E-state index in [4.69, 9.17) is 0 Å². The van der Waals surface area contributed by atoms with Gasteiger partial charge in [-0.25, -0.2) is 0 Å². The summed E-state index contributed by atoms with van der Waals surface area (Å²) in [5, 5.41) is 10.1. The van der Waals surface area contributed by atoms with Crippen molar-refractivity contribution >= 4 is 15.9 Å². The van der Waals surface area contributed by atoms with E-state index in [0.717, 1.165) is 15.6 Å². The van der Waals surface area contributed by atoms with E-state index in [1.54, 1.807) is 0 Å². The maximum absolute atomic E-state index is 10.1. The van der Waals surface area contributed by atoms with Gasteiger partial charge >= 0.3 is 0 Å². The highest BCUT2D eigenvalue weighted by molar-refractivity contribution is 9.10. The second kappa shape index (κ2) is 4.37. The largest absolute Gasteiger partial charge is 0.265 e. The summed E-state index contributed by atoms with van der Waals surface area (Å²) >= 11 is 3.38. The Hall–Kier alpha value is -0.900. The minimum Gasteiger partial charge on any atom is -0.265 e. The molecule has 70 valence electrons. The van der Waals surface area contributed by atoms with Crippen molar-refractivity contribution in [2.24, 2.45) is 0 Å². The van der Waals surface area contributed by atoms with Crippen LogP contribution in [0.1, 0.15) is 11.1 Å². The predicted molar refractivity (Wildman–Crippen MR) is 54.4 cm³/mol. The molecule has 0 aliphatic heterocycles. The molecule has 0 radical (unpaired) electrons. The molecule has 0 N–H and O–H groups in total. The number of hydrogen-bond acceptors (Lipinski definition) is 2. The van der Waals surface area contributed by atoms with E-state index >= 15 is 0 Å². The van der Waals surface area contributed by atoms with Gasteiger partial charge in [0.2, 0.25) is 6.54 Å². The zero-order valence-electron chi connectivity index (χ0n) is 7.29. The lowest BCUT2D eigenvalue weighted by atomic mass is 10.1. The molecule has 0 unspecified atom stereocenters. The van der Waals surface area contributed by atoms with E-state index in [2.05, 4.69) is 15.9 Å². The van der Waals surface area contributed by atoms with Crippen LogP contribution in [0.15, 0.2) is 22.7 Å². The summed E-state index contributed by atoms with van der Waals surface area (Å²) in [6, 6.07) is 5.79. The molecule has 0 spiro atoms. The van der Waals surface area contributed by atoms with Crippen LogP contribution in [0.3, 0.4) is 0 Å². The summed E-state index contributed by atoms with van der Waals surface area (Å²) in [5.74, 6) is 0. The highest BCUT2D eigenvalue weighted by Gasteiger charge is 2.01. The maximum atomic E-state index is 10.1. The van der Waals surface area contributed by atoms with E-state index in [0.29, 0.717) is 6.42 Å². The van der Waals surface area contributed by atoms with Crippen LogP contribution in [0.2, 0.25) is 0 Å². The van der Waals surface area contributed by atoms with Crippen LogP contribution >= 0.6 is 15.9 Å². The highest BCUT2D eigenvalue weighted by atomic mass is 79.9. The molecule has 0 bridgehead atoms. The molecule has 0 fully saturated rings. The molecule has 1 aromatic carbocycles. The lowest BCUT2D eigenvalue weighted by molar-refractivity contribution is -0.479. The van der Waals surface area contributed by atoms with Crippen LogP contribution in [-0.4, -0.2) is 11.5 Å². The third kappa shape index (κ3) is 3.14. The van der Waals surface area contributed by atoms with Crippen molar-refractivity contribution in [1.82, 2.24) is 0 Å². The molecule has 0 aliphatic carbocycles. The van der Waals surface area contributed by atoms with E-state index in [-0.39, 0.29) is 11.5 Å². The number of benzene rings is 1. The van der Waals surface area contributed by atoms with Gasteiger partial charge in [-0.15, -0.1) is 0 Å². The summed E-state index contributed by atoms with van der Waals surface area (Å²) in [6.45, 7) is 1.97. The summed E-state index contributed by atoms with van der Waals surface area (Å²) in [4.78, 5) is 9.83. The summed E-state index contributed by atoms with van der Waals surface area (Å²) < 4.78 is 1.04. The first-order valence-corrected chi connectivity index (χ1v) is 4.75. The molecule has 0 aliphatic rings. The van der Waals surface area contributed by atoms with Crippen LogP contribution < -0.4 is 0 Å². The Morgan fingerprint density at radius 3 is 2.77 bits per heavy atom. The van der Waals surface area contributed by atoms with Gasteiger partial charge in [0, 0.05) is 15.8 Å². The molecule has 0 aromatic heterocycles.